The summed E-state index contributed by atoms with van der Waals surface area (Å²) in [6, 6.07) is 0. The van der Waals surface area contributed by atoms with Gasteiger partial charge in [0, 0.05) is 9.93 Å². The number of hydrogen-bond donors (Lipinski definition) is 17. The van der Waals surface area contributed by atoms with Crippen LogP contribution in [-0.4, -0.2) is 236 Å². The van der Waals surface area contributed by atoms with E-state index in [1.165, 1.54) is 0 Å². The maximum absolute atomic E-state index is 10.7. The van der Waals surface area contributed by atoms with Crippen LogP contribution in [0.5, 0.6) is 0 Å². The summed E-state index contributed by atoms with van der Waals surface area (Å²) < 4.78 is 25.2. The molecule has 0 radical (unpaired) electrons. The first kappa shape index (κ1) is 45.3. The highest BCUT2D eigenvalue weighted by molar-refractivity contribution is 5.72. The molecule has 25 heteroatoms. The van der Waals surface area contributed by atoms with Gasteiger partial charge in [0.25, 0.3) is 0 Å². The molecule has 0 amide bonds. The third kappa shape index (κ3) is 11.1. The van der Waals surface area contributed by atoms with Gasteiger partial charge in [0.15, 0.2) is 25.0 Å². The zero-order valence-electron chi connectivity index (χ0n) is 25.2. The normalized spacial score (nSPS) is 41.9. The van der Waals surface area contributed by atoms with E-state index < -0.39 is 149 Å². The fourth-order valence-electron chi connectivity index (χ4n) is 4.73. The lowest BCUT2D eigenvalue weighted by Gasteiger charge is -2.45. The maximum Gasteiger partial charge on any atom is 0.335 e. The van der Waals surface area contributed by atoms with E-state index in [9.17, 15) is 71.2 Å². The molecule has 3 rings (SSSR count). The van der Waals surface area contributed by atoms with Crippen LogP contribution in [0.2, 0.25) is 0 Å². The molecule has 0 aliphatic carbocycles. The van der Waals surface area contributed by atoms with Gasteiger partial charge >= 0.3 is 5.97 Å². The van der Waals surface area contributed by atoms with E-state index in [4.69, 9.17) is 54.0 Å². The molecule has 0 aromatic rings. The lowest BCUT2D eigenvalue weighted by atomic mass is 9.97. The Hall–Kier alpha value is -1.77. The second-order valence-corrected chi connectivity index (χ2v) is 10.8. The number of aliphatic hydroxyl groups excluding tert-OH is 16. The van der Waals surface area contributed by atoms with Crippen LogP contribution < -0.4 is 0 Å². The molecule has 25 nitrogen and oxygen atoms in total. The number of carbonyl (C=O) groups is 1. The van der Waals surface area contributed by atoms with Crippen molar-refractivity contribution in [3.8, 4) is 0 Å². The molecule has 49 heavy (non-hydrogen) atoms. The van der Waals surface area contributed by atoms with Crippen molar-refractivity contribution in [2.75, 3.05) is 26.4 Å². The van der Waals surface area contributed by atoms with Crippen molar-refractivity contribution in [1.29, 1.82) is 0 Å². The predicted molar refractivity (Wildman–Crippen MR) is 147 cm³/mol. The molecule has 0 spiro atoms. The molecule has 3 aliphatic heterocycles. The average molecular weight is 733 g/mol. The smallest absolute Gasteiger partial charge is 0.335 e. The Balaban J connectivity index is 0.000000467. The van der Waals surface area contributed by atoms with E-state index >= 15 is 0 Å². The molecule has 19 atom stereocenters. The number of ether oxygens (including phenoxy) is 5. The van der Waals surface area contributed by atoms with Gasteiger partial charge in [-0.3, -0.25) is 0 Å². The van der Waals surface area contributed by atoms with Crippen molar-refractivity contribution < 1.29 is 115 Å². The highest BCUT2D eigenvalue weighted by Gasteiger charge is 2.50. The molecule has 0 aromatic heterocycles. The summed E-state index contributed by atoms with van der Waals surface area (Å²) in [5, 5.41) is 161. The minimum Gasteiger partial charge on any atom is -0.479 e. The Labute approximate surface area is 274 Å². The average Bonchev–Trinajstić information content (AvgIpc) is 3.10. The van der Waals surface area contributed by atoms with Crippen molar-refractivity contribution >= 4 is 5.97 Å². The van der Waals surface area contributed by atoms with Crippen LogP contribution >= 0.6 is 0 Å². The summed E-state index contributed by atoms with van der Waals surface area (Å²) in [5.74, 6) is -1.84. The van der Waals surface area contributed by atoms with E-state index in [2.05, 4.69) is 0 Å². The molecular weight excluding hydrogens is 688 g/mol. The number of aliphatic carboxylic acids is 1. The molecule has 17 N–H and O–H groups in total. The fraction of sp³-hybridized carbons (Fsp3) is 0.958. The Morgan fingerprint density at radius 2 is 1.04 bits per heavy atom. The van der Waals surface area contributed by atoms with Gasteiger partial charge in [0.1, 0.15) is 91.6 Å². The SMILES string of the molecule is O=C(O)C(O)[C@H](O)[C@H](O[C@@H]1OC(CO)[C@H](O)[C@@H](O)C1O)C(O)CO.O=O.OCC1O[C@H](O)C(O)[C@H](O)[C@@H]1O[C@@H]1OC(CO)[C@H](O)[C@@H](O)C1O. The van der Waals surface area contributed by atoms with E-state index in [-0.39, 0.29) is 0 Å². The van der Waals surface area contributed by atoms with Crippen LogP contribution in [0.3, 0.4) is 0 Å². The minimum atomic E-state index is -2.39. The Morgan fingerprint density at radius 3 is 1.47 bits per heavy atom. The molecule has 290 valence electrons. The second-order valence-electron chi connectivity index (χ2n) is 10.8. The fourth-order valence-corrected chi connectivity index (χ4v) is 4.73. The number of hydrogen-bond acceptors (Lipinski definition) is 24. The van der Waals surface area contributed by atoms with Crippen LogP contribution in [0, 0.1) is 9.93 Å². The second kappa shape index (κ2) is 20.9. The van der Waals surface area contributed by atoms with Gasteiger partial charge in [-0.25, -0.2) is 4.79 Å². The van der Waals surface area contributed by atoms with Gasteiger partial charge in [-0.05, 0) is 0 Å². The summed E-state index contributed by atoms with van der Waals surface area (Å²) in [7, 11) is 0. The Morgan fingerprint density at radius 1 is 0.592 bits per heavy atom. The summed E-state index contributed by atoms with van der Waals surface area (Å²) in [6.07, 6.45) is -32.5. The van der Waals surface area contributed by atoms with Crippen LogP contribution in [0.15, 0.2) is 0 Å². The van der Waals surface area contributed by atoms with Gasteiger partial charge in [-0.15, -0.1) is 0 Å². The monoisotopic (exact) mass is 732 g/mol. The first-order chi connectivity index (χ1) is 23.0. The van der Waals surface area contributed by atoms with Gasteiger partial charge < -0.3 is 110 Å². The Kier molecular flexibility index (Phi) is 19.3. The molecule has 3 saturated heterocycles. The summed E-state index contributed by atoms with van der Waals surface area (Å²) in [5.41, 5.74) is 0. The van der Waals surface area contributed by atoms with Crippen LogP contribution in [-0.2, 0) is 28.5 Å². The third-order valence-corrected chi connectivity index (χ3v) is 7.60. The summed E-state index contributed by atoms with van der Waals surface area (Å²) in [4.78, 5) is 24.7. The van der Waals surface area contributed by atoms with Crippen LogP contribution in [0.25, 0.3) is 0 Å². The molecule has 8 unspecified atom stereocenters. The summed E-state index contributed by atoms with van der Waals surface area (Å²) in [6.45, 7) is -3.11. The van der Waals surface area contributed by atoms with Crippen molar-refractivity contribution in [3.05, 3.63) is 9.93 Å². The molecule has 3 fully saturated rings. The van der Waals surface area contributed by atoms with E-state index in [1.807, 2.05) is 0 Å². The van der Waals surface area contributed by atoms with Gasteiger partial charge in [-0.2, -0.15) is 0 Å². The Bertz CT molecular complexity index is 943. The molecular formula is C24H44O25. The highest BCUT2D eigenvalue weighted by atomic mass is 16.7. The van der Waals surface area contributed by atoms with Crippen molar-refractivity contribution in [2.45, 2.75) is 117 Å². The summed E-state index contributed by atoms with van der Waals surface area (Å²) >= 11 is 0. The highest BCUT2D eigenvalue weighted by Crippen LogP contribution is 2.29. The number of carboxylic acids is 1. The van der Waals surface area contributed by atoms with E-state index in [1.54, 1.807) is 0 Å². The maximum atomic E-state index is 10.7. The topological polar surface area (TPSA) is 441 Å². The standard InChI is InChI=1S/C12H22O12.C12H22O11.O2/c13-1-3(15)10(7(18)8(19)11(21)22)24-12-9(20)6(17)5(16)4(2-14)23-12;13-1-3-5(15)6(16)9(19)12(22-3)23-10-4(2-14)21-11(20)8(18)7(10)17;1-2/h3-10,12-20H,1-2H2,(H,21,22);3-20H,1-2H2;/t3?,4?,5-,6+,7-,8?,9?,10+,12-;3?,4?,5-,6+,7-,8?,9?,10+,11-,12-;/m00./s1. The van der Waals surface area contributed by atoms with Gasteiger partial charge in [-0.1, -0.05) is 0 Å². The molecule has 0 saturated carbocycles. The van der Waals surface area contributed by atoms with E-state index in [0.29, 0.717) is 0 Å². The van der Waals surface area contributed by atoms with Crippen molar-refractivity contribution in [3.63, 3.8) is 0 Å². The first-order valence-electron chi connectivity index (χ1n) is 14.2. The van der Waals surface area contributed by atoms with E-state index in [0.717, 1.165) is 0 Å². The molecule has 3 heterocycles. The molecule has 0 aromatic carbocycles. The van der Waals surface area contributed by atoms with Crippen molar-refractivity contribution in [1.82, 2.24) is 0 Å². The zero-order chi connectivity index (χ0) is 37.9. The quantitative estimate of drug-likeness (QED) is 0.0885. The lowest BCUT2D eigenvalue weighted by molar-refractivity contribution is -0.355. The molecule has 0 bridgehead atoms. The zero-order valence-corrected chi connectivity index (χ0v) is 25.2. The lowest BCUT2D eigenvalue weighted by Crippen LogP contribution is -2.64. The number of aliphatic hydroxyl groups is 16. The first-order valence-corrected chi connectivity index (χ1v) is 14.2. The predicted octanol–water partition coefficient (Wildman–Crippen LogP) is -11.0. The largest absolute Gasteiger partial charge is 0.479 e. The van der Waals surface area contributed by atoms with Crippen LogP contribution in [0.1, 0.15) is 0 Å². The third-order valence-electron chi connectivity index (χ3n) is 7.60. The molecule has 3 aliphatic rings. The van der Waals surface area contributed by atoms with Gasteiger partial charge in [0.2, 0.25) is 0 Å². The minimum absolute atomic E-state index is 0.667. The number of carboxylic acid groups (broad SMARTS) is 1. The van der Waals surface area contributed by atoms with Crippen molar-refractivity contribution in [2.24, 2.45) is 0 Å². The number of rotatable bonds is 12. The van der Waals surface area contributed by atoms with Gasteiger partial charge in [0.05, 0.1) is 26.4 Å². The van der Waals surface area contributed by atoms with Crippen LogP contribution in [0.4, 0.5) is 0 Å².